The maximum Gasteiger partial charge on any atom is 0.333 e. The molecule has 0 heterocycles. The number of esters is 1. The molecule has 0 spiro atoms. The highest BCUT2D eigenvalue weighted by Gasteiger charge is 2.27. The molecule has 1 aromatic rings. The summed E-state index contributed by atoms with van der Waals surface area (Å²) in [6.45, 7) is 8.12. The number of carbonyl (C=O) groups excluding carboxylic acids is 1. The highest BCUT2D eigenvalue weighted by atomic mass is 32.3. The molecule has 0 radical (unpaired) electrons. The van der Waals surface area contributed by atoms with Crippen LogP contribution in [0.4, 0.5) is 0 Å². The van der Waals surface area contributed by atoms with E-state index in [1.807, 2.05) is 0 Å². The van der Waals surface area contributed by atoms with E-state index in [4.69, 9.17) is 4.74 Å². The Labute approximate surface area is 136 Å². The molecule has 0 aliphatic heterocycles. The zero-order valence-electron chi connectivity index (χ0n) is 13.8. The summed E-state index contributed by atoms with van der Waals surface area (Å²) in [5.41, 5.74) is 0.260. The van der Waals surface area contributed by atoms with Gasteiger partial charge in [0.1, 0.15) is 5.60 Å². The smallest absolute Gasteiger partial charge is 0.333 e. The molecule has 0 aliphatic rings. The van der Waals surface area contributed by atoms with Crippen LogP contribution in [0.2, 0.25) is 0 Å². The van der Waals surface area contributed by atoms with Crippen molar-refractivity contribution in [1.29, 1.82) is 0 Å². The molecule has 0 amide bonds. The van der Waals surface area contributed by atoms with Crippen LogP contribution in [0.1, 0.15) is 31.9 Å². The van der Waals surface area contributed by atoms with E-state index >= 15 is 0 Å². The van der Waals surface area contributed by atoms with Gasteiger partial charge < -0.3 is 15.4 Å². The minimum Gasteiger partial charge on any atom is -0.725 e. The van der Waals surface area contributed by atoms with E-state index in [9.17, 15) is 17.8 Å². The molecule has 1 aromatic carbocycles. The molecular formula is C15H23NO6S. The maximum atomic E-state index is 11.3. The Kier molecular flexibility index (Phi) is 7.59. The zero-order chi connectivity index (χ0) is 17.0. The second kappa shape index (κ2) is 8.21. The fraction of sp³-hybridized carbons (Fsp3) is 0.400. The minimum atomic E-state index is -4.84. The fourth-order valence-electron chi connectivity index (χ4n) is 2.00. The number of ether oxygens (including phenoxy) is 1. The lowest BCUT2D eigenvalue weighted by Crippen LogP contribution is -2.27. The Morgan fingerprint density at radius 2 is 1.87 bits per heavy atom. The van der Waals surface area contributed by atoms with Gasteiger partial charge in [-0.3, -0.25) is 4.18 Å². The van der Waals surface area contributed by atoms with Crippen molar-refractivity contribution in [3.63, 3.8) is 0 Å². The molecule has 8 heteroatoms. The second-order valence-electron chi connectivity index (χ2n) is 5.33. The number of hydrogen-bond donors (Lipinski definition) is 1. The molecule has 7 nitrogen and oxygen atoms in total. The van der Waals surface area contributed by atoms with Crippen molar-refractivity contribution in [2.45, 2.75) is 32.8 Å². The zero-order valence-corrected chi connectivity index (χ0v) is 14.6. The van der Waals surface area contributed by atoms with Gasteiger partial charge in [-0.05, 0) is 31.9 Å². The summed E-state index contributed by atoms with van der Waals surface area (Å²) >= 11 is 0. The summed E-state index contributed by atoms with van der Waals surface area (Å²) in [6, 6.07) is 6.90. The molecule has 0 atom stereocenters. The molecule has 0 fully saturated rings. The van der Waals surface area contributed by atoms with Crippen molar-refractivity contribution in [2.75, 3.05) is 6.61 Å². The number of quaternary nitrogens is 1. The van der Waals surface area contributed by atoms with Crippen molar-refractivity contribution in [1.82, 2.24) is 6.15 Å². The second-order valence-corrected chi connectivity index (χ2v) is 6.31. The van der Waals surface area contributed by atoms with Gasteiger partial charge in [0.2, 0.25) is 10.4 Å². The summed E-state index contributed by atoms with van der Waals surface area (Å²) < 4.78 is 42.2. The van der Waals surface area contributed by atoms with Crippen LogP contribution in [-0.2, 0) is 36.1 Å². The SMILES string of the molecule is C=C(C)C(=O)OCCc1ccccc1C(C)(C)OS(=O)(=O)[O-].[NH4+]. The van der Waals surface area contributed by atoms with Crippen LogP contribution in [0.5, 0.6) is 0 Å². The first-order chi connectivity index (χ1) is 10.0. The quantitative estimate of drug-likeness (QED) is 0.349. The van der Waals surface area contributed by atoms with Gasteiger partial charge in [0, 0.05) is 12.0 Å². The third-order valence-electron chi connectivity index (χ3n) is 2.93. The van der Waals surface area contributed by atoms with Crippen LogP contribution in [-0.4, -0.2) is 25.5 Å². The molecule has 4 N–H and O–H groups in total. The van der Waals surface area contributed by atoms with E-state index in [0.29, 0.717) is 17.6 Å². The van der Waals surface area contributed by atoms with E-state index in [2.05, 4.69) is 10.8 Å². The minimum absolute atomic E-state index is 0. The van der Waals surface area contributed by atoms with E-state index in [-0.39, 0.29) is 12.8 Å². The number of hydrogen-bond acceptors (Lipinski definition) is 6. The van der Waals surface area contributed by atoms with Crippen LogP contribution in [0, 0.1) is 0 Å². The van der Waals surface area contributed by atoms with Crippen LogP contribution in [0.15, 0.2) is 36.4 Å². The van der Waals surface area contributed by atoms with Crippen molar-refractivity contribution in [3.05, 3.63) is 47.5 Å². The van der Waals surface area contributed by atoms with E-state index in [1.165, 1.54) is 13.8 Å². The van der Waals surface area contributed by atoms with Gasteiger partial charge in [-0.1, -0.05) is 30.8 Å². The Bertz CT molecular complexity index is 666. The van der Waals surface area contributed by atoms with Gasteiger partial charge in [0.25, 0.3) is 0 Å². The third-order valence-corrected chi connectivity index (χ3v) is 3.55. The Morgan fingerprint density at radius 3 is 2.39 bits per heavy atom. The Balaban J connectivity index is 0.00000484. The van der Waals surface area contributed by atoms with Gasteiger partial charge in [-0.25, -0.2) is 13.2 Å². The van der Waals surface area contributed by atoms with Gasteiger partial charge in [0.15, 0.2) is 0 Å². The first-order valence-corrected chi connectivity index (χ1v) is 7.94. The molecule has 1 rings (SSSR count). The largest absolute Gasteiger partial charge is 0.725 e. The molecule has 0 aromatic heterocycles. The van der Waals surface area contributed by atoms with Crippen LogP contribution < -0.4 is 6.15 Å². The summed E-state index contributed by atoms with van der Waals surface area (Å²) in [5, 5.41) is 0. The lowest BCUT2D eigenvalue weighted by molar-refractivity contribution is -0.138. The van der Waals surface area contributed by atoms with Crippen molar-refractivity contribution in [3.8, 4) is 0 Å². The molecule has 23 heavy (non-hydrogen) atoms. The lowest BCUT2D eigenvalue weighted by Gasteiger charge is -2.28. The summed E-state index contributed by atoms with van der Waals surface area (Å²) in [5.74, 6) is -0.491. The third kappa shape index (κ3) is 6.91. The van der Waals surface area contributed by atoms with E-state index in [1.54, 1.807) is 31.2 Å². The van der Waals surface area contributed by atoms with Gasteiger partial charge in [-0.15, -0.1) is 0 Å². The van der Waals surface area contributed by atoms with Gasteiger partial charge >= 0.3 is 5.97 Å². The molecule has 0 bridgehead atoms. The fourth-order valence-corrected chi connectivity index (χ4v) is 2.60. The predicted octanol–water partition coefficient (Wildman–Crippen LogP) is 2.44. The first-order valence-electron chi connectivity index (χ1n) is 6.60. The van der Waals surface area contributed by atoms with Crippen molar-refractivity contribution >= 4 is 16.4 Å². The number of benzene rings is 1. The molecule has 130 valence electrons. The molecule has 0 saturated heterocycles. The molecule has 0 unspecified atom stereocenters. The highest BCUT2D eigenvalue weighted by Crippen LogP contribution is 2.29. The van der Waals surface area contributed by atoms with Gasteiger partial charge in [-0.2, -0.15) is 0 Å². The first kappa shape index (κ1) is 21.3. The summed E-state index contributed by atoms with van der Waals surface area (Å²) in [7, 11) is -4.84. The molecule has 0 aliphatic carbocycles. The average molecular weight is 345 g/mol. The van der Waals surface area contributed by atoms with Crippen LogP contribution in [0.25, 0.3) is 0 Å². The Hall–Kier alpha value is -1.74. The topological polar surface area (TPSA) is 129 Å². The average Bonchev–Trinajstić information content (AvgIpc) is 2.36. The van der Waals surface area contributed by atoms with Gasteiger partial charge in [0.05, 0.1) is 6.61 Å². The molecular weight excluding hydrogens is 322 g/mol. The lowest BCUT2D eigenvalue weighted by atomic mass is 9.92. The standard InChI is InChI=1S/C15H20O6S.H3N/c1-11(2)14(16)20-10-9-12-7-5-6-8-13(12)15(3,4)21-22(17,18)19;/h5-8H,1,9-10H2,2-4H3,(H,17,18,19);1H3. The molecule has 0 saturated carbocycles. The Morgan fingerprint density at radius 1 is 1.30 bits per heavy atom. The summed E-state index contributed by atoms with van der Waals surface area (Å²) in [6.07, 6.45) is 0.362. The summed E-state index contributed by atoms with van der Waals surface area (Å²) in [4.78, 5) is 11.3. The van der Waals surface area contributed by atoms with Crippen LogP contribution in [0.3, 0.4) is 0 Å². The van der Waals surface area contributed by atoms with Crippen molar-refractivity contribution in [2.24, 2.45) is 0 Å². The normalized spacial score (nSPS) is 11.5. The van der Waals surface area contributed by atoms with Crippen LogP contribution >= 0.6 is 0 Å². The maximum absolute atomic E-state index is 11.3. The number of rotatable bonds is 7. The van der Waals surface area contributed by atoms with Crippen molar-refractivity contribution < 1.29 is 26.7 Å². The monoisotopic (exact) mass is 345 g/mol. The van der Waals surface area contributed by atoms with E-state index < -0.39 is 22.0 Å². The van der Waals surface area contributed by atoms with E-state index in [0.717, 1.165) is 5.56 Å². The predicted molar refractivity (Wildman–Crippen MR) is 85.7 cm³/mol. The number of carbonyl (C=O) groups is 1. The highest BCUT2D eigenvalue weighted by molar-refractivity contribution is 7.80.